The van der Waals surface area contributed by atoms with Crippen LogP contribution >= 0.6 is 0 Å². The maximum Gasteiger partial charge on any atom is 0.143 e. The fraction of sp³-hybridized carbons (Fsp3) is 0.0500. The minimum Gasteiger partial charge on any atom is -0.497 e. The van der Waals surface area contributed by atoms with Crippen LogP contribution in [-0.4, -0.2) is 16.5 Å². The third-order valence-electron chi connectivity index (χ3n) is 3.92. The van der Waals surface area contributed by atoms with Gasteiger partial charge < -0.3 is 10.1 Å². The number of fused-ring (bicyclic) bond motifs is 1. The number of anilines is 2. The van der Waals surface area contributed by atoms with Crippen molar-refractivity contribution in [1.29, 1.82) is 0 Å². The zero-order valence-electron chi connectivity index (χ0n) is 13.3. The number of nitrogens with one attached hydrogen (secondary N) is 1. The summed E-state index contributed by atoms with van der Waals surface area (Å²) in [6.45, 7) is 0. The molecule has 4 heteroatoms. The van der Waals surface area contributed by atoms with Gasteiger partial charge in [-0.15, -0.1) is 0 Å². The Morgan fingerprint density at radius 3 is 2.33 bits per heavy atom. The van der Waals surface area contributed by atoms with Crippen LogP contribution in [0.5, 0.6) is 5.75 Å². The van der Waals surface area contributed by atoms with E-state index < -0.39 is 0 Å². The topological polar surface area (TPSA) is 38.6 Å². The van der Waals surface area contributed by atoms with Crippen LogP contribution < -0.4 is 10.1 Å². The van der Waals surface area contributed by atoms with Crippen LogP contribution in [0.25, 0.3) is 16.9 Å². The van der Waals surface area contributed by atoms with Gasteiger partial charge in [-0.05, 0) is 18.2 Å². The Morgan fingerprint density at radius 1 is 0.917 bits per heavy atom. The molecule has 0 radical (unpaired) electrons. The molecule has 0 saturated carbocycles. The second-order valence-electron chi connectivity index (χ2n) is 5.46. The molecule has 0 atom stereocenters. The molecule has 118 valence electrons. The largest absolute Gasteiger partial charge is 0.497 e. The number of aromatic nitrogens is 2. The van der Waals surface area contributed by atoms with Crippen LogP contribution in [0.4, 0.5) is 11.5 Å². The van der Waals surface area contributed by atoms with Crippen molar-refractivity contribution in [3.8, 4) is 17.0 Å². The first kappa shape index (κ1) is 14.3. The molecule has 2 heterocycles. The van der Waals surface area contributed by atoms with Gasteiger partial charge in [0.15, 0.2) is 0 Å². The lowest BCUT2D eigenvalue weighted by Crippen LogP contribution is -1.97. The van der Waals surface area contributed by atoms with Crippen molar-refractivity contribution in [2.45, 2.75) is 0 Å². The number of hydrogen-bond acceptors (Lipinski definition) is 3. The molecule has 4 nitrogen and oxygen atoms in total. The SMILES string of the molecule is COc1ccn2c(Nc3ccccc3)c(-c3ccccc3)nc2c1. The van der Waals surface area contributed by atoms with E-state index in [-0.39, 0.29) is 0 Å². The molecule has 0 amide bonds. The molecule has 0 bridgehead atoms. The van der Waals surface area contributed by atoms with E-state index in [1.807, 2.05) is 71.3 Å². The Kier molecular flexibility index (Phi) is 3.63. The van der Waals surface area contributed by atoms with Gasteiger partial charge in [0.05, 0.1) is 7.11 Å². The zero-order valence-corrected chi connectivity index (χ0v) is 13.3. The van der Waals surface area contributed by atoms with Gasteiger partial charge in [0, 0.05) is 23.5 Å². The van der Waals surface area contributed by atoms with Gasteiger partial charge in [0.2, 0.25) is 0 Å². The Hall–Kier alpha value is -3.27. The average Bonchev–Trinajstić information content (AvgIpc) is 3.01. The number of benzene rings is 2. The van der Waals surface area contributed by atoms with Gasteiger partial charge in [-0.3, -0.25) is 4.40 Å². The normalized spacial score (nSPS) is 10.7. The van der Waals surface area contributed by atoms with E-state index in [1.165, 1.54) is 0 Å². The minimum atomic E-state index is 0.790. The third-order valence-corrected chi connectivity index (χ3v) is 3.92. The van der Waals surface area contributed by atoms with E-state index in [0.29, 0.717) is 0 Å². The number of ether oxygens (including phenoxy) is 1. The molecular weight excluding hydrogens is 298 g/mol. The minimum absolute atomic E-state index is 0.790. The van der Waals surface area contributed by atoms with Crippen molar-refractivity contribution < 1.29 is 4.74 Å². The number of nitrogens with zero attached hydrogens (tertiary/aromatic N) is 2. The molecule has 24 heavy (non-hydrogen) atoms. The first-order valence-electron chi connectivity index (χ1n) is 7.79. The summed E-state index contributed by atoms with van der Waals surface area (Å²) in [5.41, 5.74) is 3.84. The van der Waals surface area contributed by atoms with Crippen molar-refractivity contribution in [2.75, 3.05) is 12.4 Å². The predicted octanol–water partition coefficient (Wildman–Crippen LogP) is 4.75. The molecule has 0 aliphatic heterocycles. The van der Waals surface area contributed by atoms with E-state index in [0.717, 1.165) is 34.2 Å². The monoisotopic (exact) mass is 315 g/mol. The highest BCUT2D eigenvalue weighted by molar-refractivity contribution is 5.79. The van der Waals surface area contributed by atoms with E-state index in [4.69, 9.17) is 9.72 Å². The lowest BCUT2D eigenvalue weighted by molar-refractivity contribution is 0.414. The number of methoxy groups -OCH3 is 1. The third kappa shape index (κ3) is 2.58. The fourth-order valence-electron chi connectivity index (χ4n) is 2.73. The molecule has 0 aliphatic rings. The van der Waals surface area contributed by atoms with Crippen molar-refractivity contribution in [1.82, 2.24) is 9.38 Å². The Bertz CT molecular complexity index is 962. The molecule has 2 aromatic carbocycles. The number of hydrogen-bond donors (Lipinski definition) is 1. The summed E-state index contributed by atoms with van der Waals surface area (Å²) in [5, 5.41) is 3.49. The summed E-state index contributed by atoms with van der Waals surface area (Å²) in [6, 6.07) is 24.1. The van der Waals surface area contributed by atoms with Crippen molar-refractivity contribution in [3.05, 3.63) is 79.0 Å². The molecule has 4 aromatic rings. The van der Waals surface area contributed by atoms with Crippen LogP contribution in [0, 0.1) is 0 Å². The highest BCUT2D eigenvalue weighted by Gasteiger charge is 2.14. The highest BCUT2D eigenvalue weighted by atomic mass is 16.5. The van der Waals surface area contributed by atoms with E-state index in [2.05, 4.69) is 17.4 Å². The lowest BCUT2D eigenvalue weighted by Gasteiger charge is -2.09. The van der Waals surface area contributed by atoms with E-state index in [1.54, 1.807) is 7.11 Å². The quantitative estimate of drug-likeness (QED) is 0.590. The standard InChI is InChI=1S/C20H17N3O/c1-24-17-12-13-23-18(14-17)22-19(15-8-4-2-5-9-15)20(23)21-16-10-6-3-7-11-16/h2-14,21H,1H3. The molecule has 0 unspecified atom stereocenters. The maximum absolute atomic E-state index is 5.32. The molecule has 0 fully saturated rings. The van der Waals surface area contributed by atoms with Gasteiger partial charge >= 0.3 is 0 Å². The molecule has 2 aromatic heterocycles. The van der Waals surface area contributed by atoms with Crippen molar-refractivity contribution in [2.24, 2.45) is 0 Å². The van der Waals surface area contributed by atoms with Gasteiger partial charge in [0.1, 0.15) is 22.9 Å². The summed E-state index contributed by atoms with van der Waals surface area (Å²) in [5.74, 6) is 1.73. The predicted molar refractivity (Wildman–Crippen MR) is 96.9 cm³/mol. The fourth-order valence-corrected chi connectivity index (χ4v) is 2.73. The molecule has 0 saturated heterocycles. The summed E-state index contributed by atoms with van der Waals surface area (Å²) in [6.07, 6.45) is 1.97. The van der Waals surface area contributed by atoms with Gasteiger partial charge in [-0.1, -0.05) is 48.5 Å². The number of pyridine rings is 1. The van der Waals surface area contributed by atoms with Gasteiger partial charge in [-0.2, -0.15) is 0 Å². The summed E-state index contributed by atoms with van der Waals surface area (Å²) in [7, 11) is 1.66. The zero-order chi connectivity index (χ0) is 16.4. The first-order valence-corrected chi connectivity index (χ1v) is 7.79. The van der Waals surface area contributed by atoms with Crippen LogP contribution in [-0.2, 0) is 0 Å². The summed E-state index contributed by atoms with van der Waals surface area (Å²) in [4.78, 5) is 4.81. The molecular formula is C20H17N3O. The second kappa shape index (κ2) is 6.08. The number of imidazole rings is 1. The second-order valence-corrected chi connectivity index (χ2v) is 5.46. The summed E-state index contributed by atoms with van der Waals surface area (Å²) >= 11 is 0. The average molecular weight is 315 g/mol. The lowest BCUT2D eigenvalue weighted by atomic mass is 10.1. The van der Waals surface area contributed by atoms with Gasteiger partial charge in [0.25, 0.3) is 0 Å². The highest BCUT2D eigenvalue weighted by Crippen LogP contribution is 2.32. The van der Waals surface area contributed by atoms with E-state index in [9.17, 15) is 0 Å². The molecule has 0 spiro atoms. The van der Waals surface area contributed by atoms with Crippen LogP contribution in [0.2, 0.25) is 0 Å². The van der Waals surface area contributed by atoms with Crippen molar-refractivity contribution >= 4 is 17.2 Å². The first-order chi connectivity index (χ1) is 11.8. The Balaban J connectivity index is 1.91. The number of rotatable bonds is 4. The van der Waals surface area contributed by atoms with Crippen LogP contribution in [0.1, 0.15) is 0 Å². The molecule has 0 aliphatic carbocycles. The van der Waals surface area contributed by atoms with Crippen molar-refractivity contribution in [3.63, 3.8) is 0 Å². The Labute approximate surface area is 140 Å². The molecule has 1 N–H and O–H groups in total. The smallest absolute Gasteiger partial charge is 0.143 e. The number of para-hydroxylation sites is 1. The molecule has 4 rings (SSSR count). The Morgan fingerprint density at radius 2 is 1.62 bits per heavy atom. The summed E-state index contributed by atoms with van der Waals surface area (Å²) < 4.78 is 7.36. The van der Waals surface area contributed by atoms with Crippen LogP contribution in [0.15, 0.2) is 79.0 Å². The van der Waals surface area contributed by atoms with E-state index >= 15 is 0 Å². The van der Waals surface area contributed by atoms with Gasteiger partial charge in [-0.25, -0.2) is 4.98 Å². The van der Waals surface area contributed by atoms with Crippen LogP contribution in [0.3, 0.4) is 0 Å². The maximum atomic E-state index is 5.32.